The van der Waals surface area contributed by atoms with Crippen LogP contribution < -0.4 is 0 Å². The van der Waals surface area contributed by atoms with Gasteiger partial charge in [-0.3, -0.25) is 0 Å². The summed E-state index contributed by atoms with van der Waals surface area (Å²) in [6.45, 7) is 7.47. The Balaban J connectivity index is 3.99. The summed E-state index contributed by atoms with van der Waals surface area (Å²) < 4.78 is 4.48. The van der Waals surface area contributed by atoms with E-state index >= 15 is 0 Å². The third-order valence-corrected chi connectivity index (χ3v) is 1.16. The lowest BCUT2D eigenvalue weighted by Crippen LogP contribution is -2.26. The minimum absolute atomic E-state index is 0.783. The second-order valence-corrected chi connectivity index (χ2v) is 2.29. The molecule has 0 heterocycles. The van der Waals surface area contributed by atoms with Gasteiger partial charge in [0.25, 0.3) is 0 Å². The van der Waals surface area contributed by atoms with Gasteiger partial charge in [0.05, 0.1) is 0 Å². The average molecular weight is 214 g/mol. The number of esters is 1. The van der Waals surface area contributed by atoms with E-state index in [1.165, 1.54) is 6.92 Å². The first-order chi connectivity index (χ1) is 7.01. The highest BCUT2D eigenvalue weighted by atomic mass is 17.2. The molecule has 0 fully saturated rings. The topological polar surface area (TPSA) is 78.9 Å². The molecule has 6 heteroatoms. The summed E-state index contributed by atoms with van der Waals surface area (Å²) in [4.78, 5) is 40.1. The standard InChI is InChI=1S/C9H10O6/c1-4-7(10)13-6(3)9(12)15-14-8(11)5-2/h4-6H,1-2H2,3H3. The molecule has 0 aromatic heterocycles. The number of carbonyl (C=O) groups excluding carboxylic acids is 3. The molecule has 0 aliphatic heterocycles. The maximum absolute atomic E-state index is 11.0. The highest BCUT2D eigenvalue weighted by Crippen LogP contribution is 1.97. The molecule has 0 saturated carbocycles. The lowest BCUT2D eigenvalue weighted by Gasteiger charge is -2.08. The zero-order chi connectivity index (χ0) is 11.8. The van der Waals surface area contributed by atoms with Crippen molar-refractivity contribution >= 4 is 17.9 Å². The highest BCUT2D eigenvalue weighted by Gasteiger charge is 2.20. The van der Waals surface area contributed by atoms with Crippen LogP contribution in [0.15, 0.2) is 25.3 Å². The molecule has 0 aliphatic carbocycles. The smallest absolute Gasteiger partial charge is 0.395 e. The molecule has 0 aromatic carbocycles. The first-order valence-electron chi connectivity index (χ1n) is 3.89. The Morgan fingerprint density at radius 1 is 1.07 bits per heavy atom. The maximum atomic E-state index is 11.0. The average Bonchev–Trinajstić information content (AvgIpc) is 2.24. The quantitative estimate of drug-likeness (QED) is 0.289. The number of hydrogen-bond donors (Lipinski definition) is 0. The summed E-state index contributed by atoms with van der Waals surface area (Å²) in [6, 6.07) is 0. The SMILES string of the molecule is C=CC(=O)OOC(=O)C(C)OC(=O)C=C. The zero-order valence-corrected chi connectivity index (χ0v) is 8.10. The Kier molecular flexibility index (Phi) is 5.47. The van der Waals surface area contributed by atoms with Crippen molar-refractivity contribution in [3.8, 4) is 0 Å². The van der Waals surface area contributed by atoms with E-state index in [2.05, 4.69) is 27.7 Å². The van der Waals surface area contributed by atoms with Crippen molar-refractivity contribution in [1.29, 1.82) is 0 Å². The van der Waals surface area contributed by atoms with Gasteiger partial charge in [-0.1, -0.05) is 13.2 Å². The summed E-state index contributed by atoms with van der Waals surface area (Å²) in [6.07, 6.45) is 0.515. The van der Waals surface area contributed by atoms with Crippen molar-refractivity contribution in [3.05, 3.63) is 25.3 Å². The summed E-state index contributed by atoms with van der Waals surface area (Å²) in [5, 5.41) is 0. The molecule has 0 spiro atoms. The lowest BCUT2D eigenvalue weighted by atomic mass is 10.4. The van der Waals surface area contributed by atoms with Gasteiger partial charge in [-0.05, 0) is 6.92 Å². The van der Waals surface area contributed by atoms with Gasteiger partial charge in [0.1, 0.15) is 0 Å². The van der Waals surface area contributed by atoms with Gasteiger partial charge in [-0.25, -0.2) is 24.2 Å². The fourth-order valence-electron chi connectivity index (χ4n) is 0.454. The monoisotopic (exact) mass is 214 g/mol. The molecule has 82 valence electrons. The number of rotatable bonds is 4. The Bertz CT molecular complexity index is 293. The molecule has 0 radical (unpaired) electrons. The van der Waals surface area contributed by atoms with E-state index in [4.69, 9.17) is 0 Å². The molecule has 6 nitrogen and oxygen atoms in total. The summed E-state index contributed by atoms with van der Waals surface area (Å²) >= 11 is 0. The van der Waals surface area contributed by atoms with Gasteiger partial charge in [0.15, 0.2) is 0 Å². The first kappa shape index (κ1) is 12.9. The van der Waals surface area contributed by atoms with E-state index in [0.717, 1.165) is 12.2 Å². The van der Waals surface area contributed by atoms with Gasteiger partial charge in [0.2, 0.25) is 6.10 Å². The van der Waals surface area contributed by atoms with Crippen molar-refractivity contribution in [3.63, 3.8) is 0 Å². The predicted molar refractivity (Wildman–Crippen MR) is 48.1 cm³/mol. The van der Waals surface area contributed by atoms with E-state index in [-0.39, 0.29) is 0 Å². The molecule has 0 bridgehead atoms. The van der Waals surface area contributed by atoms with Crippen LogP contribution in [0.4, 0.5) is 0 Å². The van der Waals surface area contributed by atoms with Crippen LogP contribution in [-0.2, 0) is 28.9 Å². The van der Waals surface area contributed by atoms with E-state index in [9.17, 15) is 14.4 Å². The van der Waals surface area contributed by atoms with Crippen molar-refractivity contribution in [2.45, 2.75) is 13.0 Å². The first-order valence-corrected chi connectivity index (χ1v) is 3.89. The van der Waals surface area contributed by atoms with Crippen LogP contribution in [0.3, 0.4) is 0 Å². The summed E-state index contributed by atoms with van der Waals surface area (Å²) in [5.41, 5.74) is 0. The Morgan fingerprint density at radius 3 is 2.07 bits per heavy atom. The van der Waals surface area contributed by atoms with Gasteiger partial charge in [-0.15, -0.1) is 0 Å². The zero-order valence-electron chi connectivity index (χ0n) is 8.10. The number of carbonyl (C=O) groups is 3. The van der Waals surface area contributed by atoms with Crippen LogP contribution in [0.2, 0.25) is 0 Å². The van der Waals surface area contributed by atoms with Crippen LogP contribution in [0, 0.1) is 0 Å². The number of ether oxygens (including phenoxy) is 1. The van der Waals surface area contributed by atoms with E-state index < -0.39 is 24.0 Å². The molecule has 1 unspecified atom stereocenters. The molecule has 15 heavy (non-hydrogen) atoms. The van der Waals surface area contributed by atoms with Crippen molar-refractivity contribution in [1.82, 2.24) is 0 Å². The Hall–Kier alpha value is -2.11. The highest BCUT2D eigenvalue weighted by molar-refractivity contribution is 5.85. The molecular formula is C9H10O6. The Morgan fingerprint density at radius 2 is 1.60 bits per heavy atom. The fourth-order valence-corrected chi connectivity index (χ4v) is 0.454. The summed E-state index contributed by atoms with van der Waals surface area (Å²) in [5.74, 6) is -2.72. The van der Waals surface area contributed by atoms with Crippen LogP contribution in [0.5, 0.6) is 0 Å². The van der Waals surface area contributed by atoms with Gasteiger partial charge in [-0.2, -0.15) is 0 Å². The molecule has 1 atom stereocenters. The third kappa shape index (κ3) is 5.25. The molecule has 0 N–H and O–H groups in total. The van der Waals surface area contributed by atoms with Crippen molar-refractivity contribution in [2.24, 2.45) is 0 Å². The summed E-state index contributed by atoms with van der Waals surface area (Å²) in [7, 11) is 0. The molecule has 0 rings (SSSR count). The van der Waals surface area contributed by atoms with Gasteiger partial charge < -0.3 is 4.74 Å². The number of hydrogen-bond acceptors (Lipinski definition) is 6. The lowest BCUT2D eigenvalue weighted by molar-refractivity contribution is -0.260. The minimum atomic E-state index is -1.19. The van der Waals surface area contributed by atoms with Crippen molar-refractivity contribution < 1.29 is 28.9 Å². The molecule has 0 aromatic rings. The van der Waals surface area contributed by atoms with Crippen LogP contribution >= 0.6 is 0 Å². The van der Waals surface area contributed by atoms with Crippen LogP contribution in [0.25, 0.3) is 0 Å². The second-order valence-electron chi connectivity index (χ2n) is 2.29. The second kappa shape index (κ2) is 6.36. The maximum Gasteiger partial charge on any atom is 0.395 e. The molecule has 0 aliphatic rings. The van der Waals surface area contributed by atoms with E-state index in [1.54, 1.807) is 0 Å². The molecule has 0 saturated heterocycles. The molecule has 0 amide bonds. The fraction of sp³-hybridized carbons (Fsp3) is 0.222. The van der Waals surface area contributed by atoms with Crippen LogP contribution in [0.1, 0.15) is 6.92 Å². The van der Waals surface area contributed by atoms with E-state index in [0.29, 0.717) is 0 Å². The normalized spacial score (nSPS) is 10.7. The largest absolute Gasteiger partial charge is 0.447 e. The van der Waals surface area contributed by atoms with Gasteiger partial charge >= 0.3 is 17.9 Å². The predicted octanol–water partition coefficient (Wildman–Crippen LogP) is 0.291. The Labute approximate surface area is 86.0 Å². The minimum Gasteiger partial charge on any atom is -0.447 e. The van der Waals surface area contributed by atoms with Crippen LogP contribution in [-0.4, -0.2) is 24.0 Å². The third-order valence-electron chi connectivity index (χ3n) is 1.16. The molecular weight excluding hydrogens is 204 g/mol. The van der Waals surface area contributed by atoms with Crippen molar-refractivity contribution in [2.75, 3.05) is 0 Å². The van der Waals surface area contributed by atoms with E-state index in [1.807, 2.05) is 0 Å². The van der Waals surface area contributed by atoms with Gasteiger partial charge in [0, 0.05) is 12.2 Å².